The lowest BCUT2D eigenvalue weighted by atomic mass is 10.1. The van der Waals surface area contributed by atoms with Crippen molar-refractivity contribution in [1.82, 2.24) is 0 Å². The van der Waals surface area contributed by atoms with Crippen LogP contribution in [0.25, 0.3) is 0 Å². The van der Waals surface area contributed by atoms with E-state index >= 15 is 0 Å². The van der Waals surface area contributed by atoms with Crippen molar-refractivity contribution in [1.29, 1.82) is 0 Å². The number of aliphatic hydroxyl groups is 1. The van der Waals surface area contributed by atoms with Crippen LogP contribution in [-0.2, 0) is 11.1 Å². The molecule has 0 aromatic heterocycles. The minimum atomic E-state index is -2.52. The molecule has 1 aromatic rings. The van der Waals surface area contributed by atoms with Gasteiger partial charge in [-0.1, -0.05) is 6.07 Å². The third-order valence-electron chi connectivity index (χ3n) is 1.61. The smallest absolute Gasteiger partial charge is 0.130 e. The predicted molar refractivity (Wildman–Crippen MR) is 44.2 cm³/mol. The highest BCUT2D eigenvalue weighted by atomic mass is 32.2. The second-order valence-corrected chi connectivity index (χ2v) is 3.47. The van der Waals surface area contributed by atoms with Gasteiger partial charge in [-0.25, -0.2) is 4.39 Å². The van der Waals surface area contributed by atoms with Gasteiger partial charge >= 0.3 is 0 Å². The molecule has 3 nitrogen and oxygen atoms in total. The number of benzene rings is 1. The van der Waals surface area contributed by atoms with E-state index in [1.807, 2.05) is 0 Å². The summed E-state index contributed by atoms with van der Waals surface area (Å²) in [5.74, 6) is -0.711. The Morgan fingerprint density at radius 3 is 2.62 bits per heavy atom. The molecule has 0 amide bonds. The summed E-state index contributed by atoms with van der Waals surface area (Å²) in [4.78, 5) is -0.199. The van der Waals surface area contributed by atoms with Crippen molar-refractivity contribution in [3.8, 4) is 0 Å². The van der Waals surface area contributed by atoms with Gasteiger partial charge in [-0.3, -0.25) is 4.21 Å². The van der Waals surface area contributed by atoms with Crippen LogP contribution in [0, 0.1) is 5.82 Å². The zero-order chi connectivity index (χ0) is 10.0. The van der Waals surface area contributed by atoms with Crippen LogP contribution in [0.1, 0.15) is 18.6 Å². The fraction of sp³-hybridized carbons (Fsp3) is 0.250. The maximum atomic E-state index is 13.0. The van der Waals surface area contributed by atoms with Crippen molar-refractivity contribution in [2.24, 2.45) is 0 Å². The fourth-order valence-electron chi connectivity index (χ4n) is 1.07. The molecule has 0 saturated carbocycles. The fourth-order valence-corrected chi connectivity index (χ4v) is 1.71. The normalized spacial score (nSPS) is 15.4. The Balaban J connectivity index is 3.34. The summed E-state index contributed by atoms with van der Waals surface area (Å²) in [5.41, 5.74) is -0.184. The van der Waals surface area contributed by atoms with Gasteiger partial charge in [0.15, 0.2) is 0 Å². The van der Waals surface area contributed by atoms with Crippen LogP contribution in [0.4, 0.5) is 4.39 Å². The van der Waals surface area contributed by atoms with Gasteiger partial charge in [-0.05, 0) is 30.1 Å². The molecular weight excluding hydrogens is 195 g/mol. The minimum Gasteiger partial charge on any atom is -0.768 e. The molecule has 72 valence electrons. The summed E-state index contributed by atoms with van der Waals surface area (Å²) >= 11 is -2.52. The van der Waals surface area contributed by atoms with Crippen LogP contribution in [0.3, 0.4) is 0 Å². The number of hydrogen-bond acceptors (Lipinski definition) is 3. The van der Waals surface area contributed by atoms with Crippen LogP contribution in [-0.4, -0.2) is 13.9 Å². The molecule has 0 aliphatic rings. The SMILES string of the molecule is CC(O)c1c(F)cccc1S(=O)[O-]. The van der Waals surface area contributed by atoms with Crippen molar-refractivity contribution in [2.45, 2.75) is 17.9 Å². The summed E-state index contributed by atoms with van der Waals surface area (Å²) in [6, 6.07) is 3.64. The average Bonchev–Trinajstić information content (AvgIpc) is 2.02. The molecule has 5 heteroatoms. The number of halogens is 1. The molecule has 0 spiro atoms. The lowest BCUT2D eigenvalue weighted by Crippen LogP contribution is -2.03. The van der Waals surface area contributed by atoms with Gasteiger partial charge < -0.3 is 9.66 Å². The minimum absolute atomic E-state index is 0.184. The first-order chi connectivity index (χ1) is 6.04. The molecule has 2 unspecified atom stereocenters. The van der Waals surface area contributed by atoms with E-state index in [1.54, 1.807) is 0 Å². The summed E-state index contributed by atoms with van der Waals surface area (Å²) in [6.07, 6.45) is -1.13. The van der Waals surface area contributed by atoms with E-state index in [0.29, 0.717) is 0 Å². The van der Waals surface area contributed by atoms with Crippen LogP contribution < -0.4 is 0 Å². The Labute approximate surface area is 77.5 Å². The molecule has 13 heavy (non-hydrogen) atoms. The Morgan fingerprint density at radius 2 is 2.23 bits per heavy atom. The van der Waals surface area contributed by atoms with Gasteiger partial charge in [0.1, 0.15) is 5.82 Å². The van der Waals surface area contributed by atoms with E-state index in [1.165, 1.54) is 19.1 Å². The van der Waals surface area contributed by atoms with Crippen LogP contribution in [0.15, 0.2) is 23.1 Å². The topological polar surface area (TPSA) is 60.4 Å². The molecular formula is C8H8FO3S-. The molecule has 1 rings (SSSR count). The zero-order valence-electron chi connectivity index (χ0n) is 6.86. The number of rotatable bonds is 2. The largest absolute Gasteiger partial charge is 0.768 e. The van der Waals surface area contributed by atoms with E-state index < -0.39 is 23.0 Å². The molecule has 0 heterocycles. The van der Waals surface area contributed by atoms with Crippen molar-refractivity contribution in [3.63, 3.8) is 0 Å². The van der Waals surface area contributed by atoms with E-state index in [4.69, 9.17) is 5.11 Å². The lowest BCUT2D eigenvalue weighted by Gasteiger charge is -2.14. The van der Waals surface area contributed by atoms with Gasteiger partial charge in [-0.15, -0.1) is 0 Å². The number of hydrogen-bond donors (Lipinski definition) is 1. The molecule has 0 aliphatic heterocycles. The predicted octanol–water partition coefficient (Wildman–Crippen LogP) is 1.12. The highest BCUT2D eigenvalue weighted by Gasteiger charge is 2.13. The molecule has 1 aromatic carbocycles. The van der Waals surface area contributed by atoms with E-state index in [9.17, 15) is 13.2 Å². The molecule has 0 saturated heterocycles. The first-order valence-electron chi connectivity index (χ1n) is 3.59. The standard InChI is InChI=1S/C8H9FO3S/c1-5(10)8-6(9)3-2-4-7(8)13(11)12/h2-5,10H,1H3,(H,11,12)/p-1. The van der Waals surface area contributed by atoms with Crippen LogP contribution in [0.2, 0.25) is 0 Å². The van der Waals surface area contributed by atoms with Gasteiger partial charge in [-0.2, -0.15) is 0 Å². The third-order valence-corrected chi connectivity index (χ3v) is 2.33. The molecule has 0 bridgehead atoms. The Kier molecular flexibility index (Phi) is 3.13. The van der Waals surface area contributed by atoms with Crippen molar-refractivity contribution in [3.05, 3.63) is 29.6 Å². The van der Waals surface area contributed by atoms with Crippen LogP contribution in [0.5, 0.6) is 0 Å². The average molecular weight is 203 g/mol. The highest BCUT2D eigenvalue weighted by molar-refractivity contribution is 7.79. The van der Waals surface area contributed by atoms with Gasteiger partial charge in [0, 0.05) is 10.5 Å². The molecule has 0 fully saturated rings. The third kappa shape index (κ3) is 2.12. The van der Waals surface area contributed by atoms with Gasteiger partial charge in [0.05, 0.1) is 6.10 Å². The van der Waals surface area contributed by atoms with Gasteiger partial charge in [0.2, 0.25) is 0 Å². The van der Waals surface area contributed by atoms with Crippen molar-refractivity contribution >= 4 is 11.1 Å². The summed E-state index contributed by atoms with van der Waals surface area (Å²) in [5, 5.41) is 9.12. The van der Waals surface area contributed by atoms with E-state index in [-0.39, 0.29) is 10.5 Å². The maximum absolute atomic E-state index is 13.0. The van der Waals surface area contributed by atoms with Crippen molar-refractivity contribution < 1.29 is 18.3 Å². The lowest BCUT2D eigenvalue weighted by molar-refractivity contribution is 0.190. The Hall–Kier alpha value is -0.780. The van der Waals surface area contributed by atoms with Crippen LogP contribution >= 0.6 is 0 Å². The highest BCUT2D eigenvalue weighted by Crippen LogP contribution is 2.23. The number of aliphatic hydroxyl groups excluding tert-OH is 1. The maximum Gasteiger partial charge on any atom is 0.130 e. The van der Waals surface area contributed by atoms with E-state index in [0.717, 1.165) is 6.07 Å². The molecule has 2 atom stereocenters. The molecule has 0 radical (unpaired) electrons. The first-order valence-corrected chi connectivity index (χ1v) is 4.67. The molecule has 1 N–H and O–H groups in total. The summed E-state index contributed by atoms with van der Waals surface area (Å²) < 4.78 is 34.2. The summed E-state index contributed by atoms with van der Waals surface area (Å²) in [6.45, 7) is 1.31. The van der Waals surface area contributed by atoms with E-state index in [2.05, 4.69) is 0 Å². The monoisotopic (exact) mass is 203 g/mol. The second kappa shape index (κ2) is 3.95. The second-order valence-electron chi connectivity index (χ2n) is 2.56. The molecule has 0 aliphatic carbocycles. The summed E-state index contributed by atoms with van der Waals surface area (Å²) in [7, 11) is 0. The zero-order valence-corrected chi connectivity index (χ0v) is 7.68. The first kappa shape index (κ1) is 10.3. The van der Waals surface area contributed by atoms with Crippen molar-refractivity contribution in [2.75, 3.05) is 0 Å². The quantitative estimate of drug-likeness (QED) is 0.732. The Morgan fingerprint density at radius 1 is 1.62 bits per heavy atom. The van der Waals surface area contributed by atoms with Gasteiger partial charge in [0.25, 0.3) is 0 Å². The Bertz CT molecular complexity index is 338.